The predicted octanol–water partition coefficient (Wildman–Crippen LogP) is 2.47. The highest BCUT2D eigenvalue weighted by Crippen LogP contribution is 2.39. The molecule has 2 aromatic rings. The molecule has 88 valence electrons. The van der Waals surface area contributed by atoms with Gasteiger partial charge >= 0.3 is 0 Å². The highest BCUT2D eigenvalue weighted by Gasteiger charge is 2.12. The molecule has 0 atom stereocenters. The zero-order valence-corrected chi connectivity index (χ0v) is 9.68. The summed E-state index contributed by atoms with van der Waals surface area (Å²) in [7, 11) is 2.99. The van der Waals surface area contributed by atoms with Gasteiger partial charge in [0.05, 0.1) is 19.9 Å². The van der Waals surface area contributed by atoms with Gasteiger partial charge in [0.1, 0.15) is 0 Å². The highest BCUT2D eigenvalue weighted by atomic mass is 16.5. The zero-order chi connectivity index (χ0) is 12.3. The molecule has 0 aliphatic rings. The molecule has 1 aromatic heterocycles. The Hall–Kier alpha value is -2.23. The maximum Gasteiger partial charge on any atom is 0.200 e. The van der Waals surface area contributed by atoms with Crippen LogP contribution in [-0.2, 0) is 0 Å². The molecule has 0 bridgehead atoms. The molecule has 0 aliphatic carbocycles. The lowest BCUT2D eigenvalue weighted by Gasteiger charge is -2.10. The van der Waals surface area contributed by atoms with E-state index in [1.54, 1.807) is 18.3 Å². The fourth-order valence-electron chi connectivity index (χ4n) is 1.57. The molecule has 1 aromatic carbocycles. The van der Waals surface area contributed by atoms with E-state index in [-0.39, 0.29) is 5.75 Å². The lowest BCUT2D eigenvalue weighted by atomic mass is 10.1. The van der Waals surface area contributed by atoms with Gasteiger partial charge in [0, 0.05) is 11.8 Å². The van der Waals surface area contributed by atoms with Crippen LogP contribution in [0.15, 0.2) is 36.5 Å². The fourth-order valence-corrected chi connectivity index (χ4v) is 1.57. The first-order valence-corrected chi connectivity index (χ1v) is 5.12. The number of aromatic hydroxyl groups is 1. The zero-order valence-electron chi connectivity index (χ0n) is 9.68. The number of ether oxygens (including phenoxy) is 2. The molecule has 0 spiro atoms. The van der Waals surface area contributed by atoms with Crippen LogP contribution in [0, 0.1) is 0 Å². The van der Waals surface area contributed by atoms with Crippen molar-refractivity contribution in [2.24, 2.45) is 0 Å². The topological polar surface area (TPSA) is 51.6 Å². The summed E-state index contributed by atoms with van der Waals surface area (Å²) in [5.41, 5.74) is 1.63. The molecule has 1 heterocycles. The standard InChI is InChI=1S/C13H13NO3/c1-16-11-7-9(8-12(17-2)13(11)15)10-5-3-4-6-14-10/h3-8,15H,1-2H3. The SMILES string of the molecule is COc1cc(-c2ccccn2)cc(OC)c1O. The summed E-state index contributed by atoms with van der Waals surface area (Å²) in [4.78, 5) is 4.24. The molecule has 0 aliphatic heterocycles. The third-order valence-corrected chi connectivity index (χ3v) is 2.44. The van der Waals surface area contributed by atoms with Gasteiger partial charge < -0.3 is 14.6 Å². The van der Waals surface area contributed by atoms with Crippen LogP contribution in [0.4, 0.5) is 0 Å². The van der Waals surface area contributed by atoms with Crippen LogP contribution in [0.3, 0.4) is 0 Å². The molecule has 0 unspecified atom stereocenters. The normalized spacial score (nSPS) is 10.0. The second-order valence-electron chi connectivity index (χ2n) is 3.44. The number of benzene rings is 1. The first-order chi connectivity index (χ1) is 8.26. The van der Waals surface area contributed by atoms with E-state index in [4.69, 9.17) is 9.47 Å². The molecule has 0 saturated heterocycles. The van der Waals surface area contributed by atoms with E-state index in [1.807, 2.05) is 18.2 Å². The number of aromatic nitrogens is 1. The van der Waals surface area contributed by atoms with Gasteiger partial charge in [-0.3, -0.25) is 4.98 Å². The van der Waals surface area contributed by atoms with Crippen molar-refractivity contribution in [2.45, 2.75) is 0 Å². The van der Waals surface area contributed by atoms with Crippen molar-refractivity contribution in [3.8, 4) is 28.5 Å². The molecule has 17 heavy (non-hydrogen) atoms. The van der Waals surface area contributed by atoms with Gasteiger partial charge in [0.15, 0.2) is 11.5 Å². The largest absolute Gasteiger partial charge is 0.502 e. The molecule has 1 N–H and O–H groups in total. The van der Waals surface area contributed by atoms with Gasteiger partial charge in [-0.2, -0.15) is 0 Å². The number of hydrogen-bond acceptors (Lipinski definition) is 4. The minimum absolute atomic E-state index is 0.00492. The van der Waals surface area contributed by atoms with Crippen molar-refractivity contribution in [1.29, 1.82) is 0 Å². The Bertz CT molecular complexity index is 486. The lowest BCUT2D eigenvalue weighted by molar-refractivity contribution is 0.340. The van der Waals surface area contributed by atoms with Crippen molar-refractivity contribution in [3.05, 3.63) is 36.5 Å². The quantitative estimate of drug-likeness (QED) is 0.881. The minimum atomic E-state index is -0.00492. The smallest absolute Gasteiger partial charge is 0.200 e. The van der Waals surface area contributed by atoms with E-state index in [2.05, 4.69) is 4.98 Å². The van der Waals surface area contributed by atoms with Crippen molar-refractivity contribution in [1.82, 2.24) is 4.98 Å². The van der Waals surface area contributed by atoms with Crippen LogP contribution in [0.2, 0.25) is 0 Å². The summed E-state index contributed by atoms with van der Waals surface area (Å²) in [6.07, 6.45) is 1.71. The van der Waals surface area contributed by atoms with Gasteiger partial charge in [-0.25, -0.2) is 0 Å². The van der Waals surface area contributed by atoms with Gasteiger partial charge in [-0.1, -0.05) is 6.07 Å². The highest BCUT2D eigenvalue weighted by molar-refractivity contribution is 5.68. The summed E-state index contributed by atoms with van der Waals surface area (Å²) < 4.78 is 10.2. The van der Waals surface area contributed by atoms with E-state index in [0.29, 0.717) is 11.5 Å². The van der Waals surface area contributed by atoms with Crippen LogP contribution in [0.5, 0.6) is 17.2 Å². The van der Waals surface area contributed by atoms with Gasteiger partial charge in [-0.15, -0.1) is 0 Å². The second kappa shape index (κ2) is 4.74. The minimum Gasteiger partial charge on any atom is -0.502 e. The molecule has 4 nitrogen and oxygen atoms in total. The van der Waals surface area contributed by atoms with E-state index in [0.717, 1.165) is 11.3 Å². The molecular formula is C13H13NO3. The van der Waals surface area contributed by atoms with E-state index in [1.165, 1.54) is 14.2 Å². The van der Waals surface area contributed by atoms with Crippen molar-refractivity contribution in [3.63, 3.8) is 0 Å². The lowest BCUT2D eigenvalue weighted by Crippen LogP contribution is -1.91. The molecule has 0 radical (unpaired) electrons. The first kappa shape index (κ1) is 11.3. The Labute approximate surface area is 99.5 Å². The van der Waals surface area contributed by atoms with Gasteiger partial charge in [0.2, 0.25) is 5.75 Å². The molecule has 2 rings (SSSR count). The van der Waals surface area contributed by atoms with Crippen molar-refractivity contribution >= 4 is 0 Å². The Balaban J connectivity index is 2.56. The van der Waals surface area contributed by atoms with Crippen molar-refractivity contribution in [2.75, 3.05) is 14.2 Å². The summed E-state index contributed by atoms with van der Waals surface area (Å²) in [6.45, 7) is 0. The molecule has 0 fully saturated rings. The Kier molecular flexibility index (Phi) is 3.14. The van der Waals surface area contributed by atoms with Crippen LogP contribution >= 0.6 is 0 Å². The predicted molar refractivity (Wildman–Crippen MR) is 64.4 cm³/mol. The fraction of sp³-hybridized carbons (Fsp3) is 0.154. The van der Waals surface area contributed by atoms with Crippen LogP contribution in [0.1, 0.15) is 0 Å². The van der Waals surface area contributed by atoms with Crippen molar-refractivity contribution < 1.29 is 14.6 Å². The number of pyridine rings is 1. The third kappa shape index (κ3) is 2.15. The summed E-state index contributed by atoms with van der Waals surface area (Å²) in [5, 5.41) is 9.79. The second-order valence-corrected chi connectivity index (χ2v) is 3.44. The van der Waals surface area contributed by atoms with E-state index in [9.17, 15) is 5.11 Å². The Morgan fingerprint density at radius 3 is 2.18 bits per heavy atom. The van der Waals surface area contributed by atoms with E-state index < -0.39 is 0 Å². The summed E-state index contributed by atoms with van der Waals surface area (Å²) >= 11 is 0. The number of rotatable bonds is 3. The number of phenolic OH excluding ortho intramolecular Hbond substituents is 1. The van der Waals surface area contributed by atoms with Crippen LogP contribution < -0.4 is 9.47 Å². The Morgan fingerprint density at radius 1 is 1.06 bits per heavy atom. The van der Waals surface area contributed by atoms with Gasteiger partial charge in [-0.05, 0) is 24.3 Å². The maximum atomic E-state index is 9.79. The monoisotopic (exact) mass is 231 g/mol. The maximum absolute atomic E-state index is 9.79. The molecule has 0 amide bonds. The van der Waals surface area contributed by atoms with E-state index >= 15 is 0 Å². The number of hydrogen-bond donors (Lipinski definition) is 1. The van der Waals surface area contributed by atoms with Crippen LogP contribution in [-0.4, -0.2) is 24.3 Å². The summed E-state index contributed by atoms with van der Waals surface area (Å²) in [6, 6.07) is 9.07. The Morgan fingerprint density at radius 2 is 1.71 bits per heavy atom. The third-order valence-electron chi connectivity index (χ3n) is 2.44. The average Bonchev–Trinajstić information content (AvgIpc) is 2.40. The number of methoxy groups -OCH3 is 2. The van der Waals surface area contributed by atoms with Crippen LogP contribution in [0.25, 0.3) is 11.3 Å². The first-order valence-electron chi connectivity index (χ1n) is 5.12. The number of nitrogens with zero attached hydrogens (tertiary/aromatic N) is 1. The van der Waals surface area contributed by atoms with Gasteiger partial charge in [0.25, 0.3) is 0 Å². The molecule has 0 saturated carbocycles. The number of phenols is 1. The summed E-state index contributed by atoms with van der Waals surface area (Å²) in [5.74, 6) is 0.727. The molecule has 4 heteroatoms. The average molecular weight is 231 g/mol. The molecular weight excluding hydrogens is 218 g/mol.